The first-order valence-corrected chi connectivity index (χ1v) is 5.42. The predicted octanol–water partition coefficient (Wildman–Crippen LogP) is 2.61. The third-order valence-electron chi connectivity index (χ3n) is 2.20. The molecule has 0 atom stereocenters. The SMILES string of the molecule is COc1ccc(-c2ocnc2CO)cc1Br. The van der Waals surface area contributed by atoms with E-state index in [1.807, 2.05) is 18.2 Å². The van der Waals surface area contributed by atoms with Gasteiger partial charge in [-0.25, -0.2) is 4.98 Å². The molecule has 2 aromatic rings. The predicted molar refractivity (Wildman–Crippen MR) is 62.1 cm³/mol. The van der Waals surface area contributed by atoms with E-state index < -0.39 is 0 Å². The molecule has 0 aliphatic heterocycles. The summed E-state index contributed by atoms with van der Waals surface area (Å²) in [6.07, 6.45) is 1.32. The number of nitrogens with zero attached hydrogens (tertiary/aromatic N) is 1. The highest BCUT2D eigenvalue weighted by molar-refractivity contribution is 9.10. The number of hydrogen-bond donors (Lipinski definition) is 1. The summed E-state index contributed by atoms with van der Waals surface area (Å²) in [6, 6.07) is 5.53. The van der Waals surface area contributed by atoms with E-state index in [1.54, 1.807) is 7.11 Å². The summed E-state index contributed by atoms with van der Waals surface area (Å²) in [5.41, 5.74) is 1.37. The Bertz CT molecular complexity index is 496. The number of aromatic nitrogens is 1. The maximum Gasteiger partial charge on any atom is 0.181 e. The van der Waals surface area contributed by atoms with Crippen molar-refractivity contribution in [1.82, 2.24) is 4.98 Å². The van der Waals surface area contributed by atoms with Crippen LogP contribution in [0.25, 0.3) is 11.3 Å². The van der Waals surface area contributed by atoms with E-state index in [9.17, 15) is 0 Å². The fraction of sp³-hybridized carbons (Fsp3) is 0.182. The molecule has 2 rings (SSSR count). The van der Waals surface area contributed by atoms with E-state index in [4.69, 9.17) is 14.3 Å². The summed E-state index contributed by atoms with van der Waals surface area (Å²) >= 11 is 3.39. The summed E-state index contributed by atoms with van der Waals surface area (Å²) < 4.78 is 11.2. The second-order valence-corrected chi connectivity index (χ2v) is 3.99. The highest BCUT2D eigenvalue weighted by Gasteiger charge is 2.11. The molecule has 0 aliphatic carbocycles. The van der Waals surface area contributed by atoms with Gasteiger partial charge in [-0.1, -0.05) is 0 Å². The Morgan fingerprint density at radius 3 is 2.94 bits per heavy atom. The maximum atomic E-state index is 9.08. The van der Waals surface area contributed by atoms with E-state index in [1.165, 1.54) is 6.39 Å². The van der Waals surface area contributed by atoms with Gasteiger partial charge >= 0.3 is 0 Å². The minimum absolute atomic E-state index is 0.143. The number of methoxy groups -OCH3 is 1. The van der Waals surface area contributed by atoms with Crippen molar-refractivity contribution in [2.24, 2.45) is 0 Å². The second kappa shape index (κ2) is 4.67. The zero-order chi connectivity index (χ0) is 11.5. The van der Waals surface area contributed by atoms with Crippen LogP contribution in [0.3, 0.4) is 0 Å². The Hall–Kier alpha value is -1.33. The van der Waals surface area contributed by atoms with Crippen molar-refractivity contribution in [3.8, 4) is 17.1 Å². The summed E-state index contributed by atoms with van der Waals surface area (Å²) in [7, 11) is 1.60. The van der Waals surface area contributed by atoms with Crippen LogP contribution < -0.4 is 4.74 Å². The van der Waals surface area contributed by atoms with Crippen molar-refractivity contribution in [3.63, 3.8) is 0 Å². The van der Waals surface area contributed by atoms with Gasteiger partial charge in [0.2, 0.25) is 0 Å². The van der Waals surface area contributed by atoms with Gasteiger partial charge in [0.15, 0.2) is 12.2 Å². The number of hydrogen-bond acceptors (Lipinski definition) is 4. The smallest absolute Gasteiger partial charge is 0.181 e. The lowest BCUT2D eigenvalue weighted by Crippen LogP contribution is -1.88. The van der Waals surface area contributed by atoms with E-state index >= 15 is 0 Å². The van der Waals surface area contributed by atoms with Crippen molar-refractivity contribution in [1.29, 1.82) is 0 Å². The number of aliphatic hydroxyl groups excluding tert-OH is 1. The van der Waals surface area contributed by atoms with Crippen LogP contribution in [-0.4, -0.2) is 17.2 Å². The quantitative estimate of drug-likeness (QED) is 0.941. The zero-order valence-electron chi connectivity index (χ0n) is 8.61. The molecule has 1 heterocycles. The van der Waals surface area contributed by atoms with Gasteiger partial charge < -0.3 is 14.3 Å². The molecular weight excluding hydrogens is 274 g/mol. The van der Waals surface area contributed by atoms with Crippen LogP contribution in [0.1, 0.15) is 5.69 Å². The lowest BCUT2D eigenvalue weighted by Gasteiger charge is -2.05. The number of aliphatic hydroxyl groups is 1. The largest absolute Gasteiger partial charge is 0.496 e. The van der Waals surface area contributed by atoms with Crippen LogP contribution in [0.15, 0.2) is 33.5 Å². The average molecular weight is 284 g/mol. The van der Waals surface area contributed by atoms with Crippen molar-refractivity contribution in [2.75, 3.05) is 7.11 Å². The molecule has 84 valence electrons. The molecule has 0 fully saturated rings. The molecule has 0 radical (unpaired) electrons. The zero-order valence-corrected chi connectivity index (χ0v) is 10.2. The normalized spacial score (nSPS) is 10.4. The number of benzene rings is 1. The Kier molecular flexibility index (Phi) is 3.26. The van der Waals surface area contributed by atoms with E-state index in [-0.39, 0.29) is 6.61 Å². The van der Waals surface area contributed by atoms with Crippen LogP contribution in [0, 0.1) is 0 Å². The van der Waals surface area contributed by atoms with Gasteiger partial charge in [-0.3, -0.25) is 0 Å². The molecule has 0 bridgehead atoms. The minimum Gasteiger partial charge on any atom is -0.496 e. The standard InChI is InChI=1S/C11H10BrNO3/c1-15-10-3-2-7(4-8(10)12)11-9(5-14)13-6-16-11/h2-4,6,14H,5H2,1H3. The molecule has 0 amide bonds. The molecule has 0 unspecified atom stereocenters. The summed E-state index contributed by atoms with van der Waals surface area (Å²) in [5.74, 6) is 1.32. The second-order valence-electron chi connectivity index (χ2n) is 3.14. The molecule has 0 aliphatic rings. The number of halogens is 1. The maximum absolute atomic E-state index is 9.08. The van der Waals surface area contributed by atoms with E-state index in [2.05, 4.69) is 20.9 Å². The van der Waals surface area contributed by atoms with Crippen LogP contribution in [0.5, 0.6) is 5.75 Å². The minimum atomic E-state index is -0.143. The number of rotatable bonds is 3. The van der Waals surface area contributed by atoms with Crippen molar-refractivity contribution in [3.05, 3.63) is 34.8 Å². The third-order valence-corrected chi connectivity index (χ3v) is 2.82. The van der Waals surface area contributed by atoms with Crippen LogP contribution >= 0.6 is 15.9 Å². The van der Waals surface area contributed by atoms with Crippen molar-refractivity contribution in [2.45, 2.75) is 6.61 Å². The molecule has 5 heteroatoms. The first-order chi connectivity index (χ1) is 7.76. The fourth-order valence-corrected chi connectivity index (χ4v) is 1.96. The van der Waals surface area contributed by atoms with Gasteiger partial charge in [0.05, 0.1) is 18.2 Å². The first kappa shape index (κ1) is 11.2. The molecule has 0 saturated heterocycles. The molecule has 1 aromatic carbocycles. The molecular formula is C11H10BrNO3. The molecule has 0 spiro atoms. The van der Waals surface area contributed by atoms with Gasteiger partial charge in [0, 0.05) is 5.56 Å². The van der Waals surface area contributed by atoms with Crippen LogP contribution in [0.2, 0.25) is 0 Å². The molecule has 1 aromatic heterocycles. The summed E-state index contributed by atoms with van der Waals surface area (Å²) in [4.78, 5) is 3.92. The van der Waals surface area contributed by atoms with E-state index in [0.29, 0.717) is 11.5 Å². The number of ether oxygens (including phenoxy) is 1. The highest BCUT2D eigenvalue weighted by atomic mass is 79.9. The summed E-state index contributed by atoms with van der Waals surface area (Å²) in [6.45, 7) is -0.143. The lowest BCUT2D eigenvalue weighted by molar-refractivity contribution is 0.277. The topological polar surface area (TPSA) is 55.5 Å². The fourth-order valence-electron chi connectivity index (χ4n) is 1.42. The van der Waals surface area contributed by atoms with E-state index in [0.717, 1.165) is 15.8 Å². The van der Waals surface area contributed by atoms with Gasteiger partial charge in [-0.05, 0) is 34.1 Å². The van der Waals surface area contributed by atoms with Crippen molar-refractivity contribution < 1.29 is 14.3 Å². The van der Waals surface area contributed by atoms with Crippen molar-refractivity contribution >= 4 is 15.9 Å². The third kappa shape index (κ3) is 1.96. The Labute approximate surface area is 101 Å². The molecule has 16 heavy (non-hydrogen) atoms. The van der Waals surface area contributed by atoms with Gasteiger partial charge in [-0.15, -0.1) is 0 Å². The first-order valence-electron chi connectivity index (χ1n) is 4.63. The number of oxazole rings is 1. The molecule has 4 nitrogen and oxygen atoms in total. The van der Waals surface area contributed by atoms with Gasteiger partial charge in [-0.2, -0.15) is 0 Å². The van der Waals surface area contributed by atoms with Crippen LogP contribution in [0.4, 0.5) is 0 Å². The molecule has 1 N–H and O–H groups in total. The van der Waals surface area contributed by atoms with Crippen LogP contribution in [-0.2, 0) is 6.61 Å². The monoisotopic (exact) mass is 283 g/mol. The summed E-state index contributed by atoms with van der Waals surface area (Å²) in [5, 5.41) is 9.08. The Balaban J connectivity index is 2.45. The Morgan fingerprint density at radius 1 is 1.50 bits per heavy atom. The Morgan fingerprint density at radius 2 is 2.31 bits per heavy atom. The lowest BCUT2D eigenvalue weighted by atomic mass is 10.1. The average Bonchev–Trinajstić information content (AvgIpc) is 2.77. The highest BCUT2D eigenvalue weighted by Crippen LogP contribution is 2.31. The molecule has 0 saturated carbocycles. The van der Waals surface area contributed by atoms with Gasteiger partial charge in [0.25, 0.3) is 0 Å². The van der Waals surface area contributed by atoms with Gasteiger partial charge in [0.1, 0.15) is 11.4 Å².